The molecule has 0 atom stereocenters. The van der Waals surface area contributed by atoms with Crippen molar-refractivity contribution < 1.29 is 28.2 Å². The van der Waals surface area contributed by atoms with Crippen molar-refractivity contribution in [2.45, 2.75) is 19.6 Å². The number of rotatable bonds is 9. The number of benzene rings is 2. The number of anilines is 1. The van der Waals surface area contributed by atoms with Crippen LogP contribution in [0.15, 0.2) is 36.4 Å². The van der Waals surface area contributed by atoms with Crippen molar-refractivity contribution in [1.29, 1.82) is 0 Å². The van der Waals surface area contributed by atoms with E-state index in [1.54, 1.807) is 37.3 Å². The van der Waals surface area contributed by atoms with Gasteiger partial charge in [0.25, 0.3) is 5.91 Å². The maximum absolute atomic E-state index is 13.5. The summed E-state index contributed by atoms with van der Waals surface area (Å²) in [5.74, 6) is -0.503. The van der Waals surface area contributed by atoms with Crippen LogP contribution in [0.25, 0.3) is 0 Å². The fourth-order valence-electron chi connectivity index (χ4n) is 2.41. The SMILES string of the molecule is COc1ccc(C(C)=O)cc1CSCC(=O)OCC(=O)Nc1ccc(C)c(F)c1. The first-order valence-electron chi connectivity index (χ1n) is 8.77. The molecular formula is C21H22FNO5S. The van der Waals surface area contributed by atoms with Crippen molar-refractivity contribution in [2.24, 2.45) is 0 Å². The van der Waals surface area contributed by atoms with Crippen molar-refractivity contribution in [3.63, 3.8) is 0 Å². The molecule has 1 amide bonds. The van der Waals surface area contributed by atoms with E-state index in [1.807, 2.05) is 0 Å². The molecule has 0 heterocycles. The van der Waals surface area contributed by atoms with Gasteiger partial charge in [-0.05, 0) is 49.7 Å². The van der Waals surface area contributed by atoms with Gasteiger partial charge in [-0.1, -0.05) is 6.07 Å². The van der Waals surface area contributed by atoms with E-state index < -0.39 is 24.3 Å². The van der Waals surface area contributed by atoms with E-state index in [1.165, 1.54) is 31.9 Å². The van der Waals surface area contributed by atoms with E-state index in [0.29, 0.717) is 28.3 Å². The molecule has 0 aromatic heterocycles. The van der Waals surface area contributed by atoms with Crippen LogP contribution < -0.4 is 10.1 Å². The Morgan fingerprint density at radius 3 is 2.55 bits per heavy atom. The number of Topliss-reactive ketones (excluding diaryl/α,β-unsaturated/α-hetero) is 1. The molecular weight excluding hydrogens is 397 g/mol. The number of ether oxygens (including phenoxy) is 2. The van der Waals surface area contributed by atoms with Crippen LogP contribution in [0.3, 0.4) is 0 Å². The van der Waals surface area contributed by atoms with Crippen molar-refractivity contribution in [3.8, 4) is 5.75 Å². The zero-order valence-electron chi connectivity index (χ0n) is 16.4. The fraction of sp³-hybridized carbons (Fsp3) is 0.286. The molecule has 0 aliphatic heterocycles. The van der Waals surface area contributed by atoms with Gasteiger partial charge in [-0.25, -0.2) is 4.39 Å². The second kappa shape index (κ2) is 10.6. The largest absolute Gasteiger partial charge is 0.496 e. The van der Waals surface area contributed by atoms with E-state index in [-0.39, 0.29) is 11.5 Å². The monoisotopic (exact) mass is 419 g/mol. The van der Waals surface area contributed by atoms with Gasteiger partial charge in [0, 0.05) is 22.6 Å². The molecule has 0 bridgehead atoms. The van der Waals surface area contributed by atoms with E-state index in [2.05, 4.69) is 5.32 Å². The highest BCUT2D eigenvalue weighted by Gasteiger charge is 2.11. The number of carbonyl (C=O) groups is 3. The van der Waals surface area contributed by atoms with E-state index in [9.17, 15) is 18.8 Å². The molecule has 0 unspecified atom stereocenters. The summed E-state index contributed by atoms with van der Waals surface area (Å²) in [5, 5.41) is 2.47. The number of esters is 1. The molecule has 154 valence electrons. The lowest BCUT2D eigenvalue weighted by Crippen LogP contribution is -2.21. The minimum atomic E-state index is -0.554. The number of methoxy groups -OCH3 is 1. The summed E-state index contributed by atoms with van der Waals surface area (Å²) in [6.45, 7) is 2.64. The highest BCUT2D eigenvalue weighted by atomic mass is 32.2. The molecule has 6 nitrogen and oxygen atoms in total. The van der Waals surface area contributed by atoms with Gasteiger partial charge in [-0.15, -0.1) is 11.8 Å². The van der Waals surface area contributed by atoms with Crippen molar-refractivity contribution in [2.75, 3.05) is 24.8 Å². The third-order valence-corrected chi connectivity index (χ3v) is 4.94. The molecule has 2 rings (SSSR count). The number of halogens is 1. The van der Waals surface area contributed by atoms with Crippen LogP contribution in [0.5, 0.6) is 5.75 Å². The van der Waals surface area contributed by atoms with Crippen LogP contribution in [-0.4, -0.2) is 37.1 Å². The number of hydrogen-bond acceptors (Lipinski definition) is 6. The molecule has 1 N–H and O–H groups in total. The van der Waals surface area contributed by atoms with Crippen molar-refractivity contribution in [1.82, 2.24) is 0 Å². The molecule has 0 radical (unpaired) electrons. The zero-order valence-corrected chi connectivity index (χ0v) is 17.2. The molecule has 29 heavy (non-hydrogen) atoms. The normalized spacial score (nSPS) is 10.3. The number of amides is 1. The van der Waals surface area contributed by atoms with Crippen LogP contribution in [0.2, 0.25) is 0 Å². The van der Waals surface area contributed by atoms with E-state index >= 15 is 0 Å². The van der Waals surface area contributed by atoms with Gasteiger partial charge in [-0.3, -0.25) is 14.4 Å². The van der Waals surface area contributed by atoms with Crippen LogP contribution in [-0.2, 0) is 20.1 Å². The molecule has 0 fully saturated rings. The second-order valence-corrected chi connectivity index (χ2v) is 7.23. The molecule has 0 aliphatic carbocycles. The first kappa shape index (κ1) is 22.4. The number of carbonyl (C=O) groups excluding carboxylic acids is 3. The minimum Gasteiger partial charge on any atom is -0.496 e. The summed E-state index contributed by atoms with van der Waals surface area (Å²) in [6, 6.07) is 9.44. The van der Waals surface area contributed by atoms with Crippen LogP contribution in [0, 0.1) is 12.7 Å². The smallest absolute Gasteiger partial charge is 0.316 e. The number of thioether (sulfide) groups is 1. The average Bonchev–Trinajstić information content (AvgIpc) is 2.69. The van der Waals surface area contributed by atoms with Crippen LogP contribution in [0.4, 0.5) is 10.1 Å². The summed E-state index contributed by atoms with van der Waals surface area (Å²) in [6.07, 6.45) is 0. The Kier molecular flexibility index (Phi) is 8.21. The Morgan fingerprint density at radius 1 is 1.14 bits per heavy atom. The Bertz CT molecular complexity index is 916. The number of nitrogens with one attached hydrogen (secondary N) is 1. The summed E-state index contributed by atoms with van der Waals surface area (Å²) >= 11 is 1.28. The summed E-state index contributed by atoms with van der Waals surface area (Å²) in [7, 11) is 1.53. The standard InChI is InChI=1S/C21H22FNO5S/c1-13-4-6-17(9-18(13)22)23-20(25)10-28-21(26)12-29-11-16-8-15(14(2)24)5-7-19(16)27-3/h4-9H,10-12H2,1-3H3,(H,23,25). The maximum Gasteiger partial charge on any atom is 0.316 e. The quantitative estimate of drug-likeness (QED) is 0.492. The third-order valence-electron chi connectivity index (χ3n) is 3.98. The highest BCUT2D eigenvalue weighted by Crippen LogP contribution is 2.25. The van der Waals surface area contributed by atoms with E-state index in [4.69, 9.17) is 9.47 Å². The second-order valence-electron chi connectivity index (χ2n) is 6.25. The lowest BCUT2D eigenvalue weighted by atomic mass is 10.1. The third kappa shape index (κ3) is 6.90. The number of hydrogen-bond donors (Lipinski definition) is 1. The zero-order chi connectivity index (χ0) is 21.4. The van der Waals surface area contributed by atoms with Gasteiger partial charge in [0.15, 0.2) is 12.4 Å². The van der Waals surface area contributed by atoms with Crippen LogP contribution >= 0.6 is 11.8 Å². The Morgan fingerprint density at radius 2 is 1.90 bits per heavy atom. The first-order chi connectivity index (χ1) is 13.8. The van der Waals surface area contributed by atoms with Gasteiger partial charge in [0.05, 0.1) is 12.9 Å². The Labute approximate surface area is 172 Å². The Balaban J connectivity index is 1.78. The fourth-order valence-corrected chi connectivity index (χ4v) is 3.21. The molecule has 2 aromatic rings. The predicted molar refractivity (Wildman–Crippen MR) is 110 cm³/mol. The van der Waals surface area contributed by atoms with E-state index in [0.717, 1.165) is 5.56 Å². The predicted octanol–water partition coefficient (Wildman–Crippen LogP) is 3.76. The van der Waals surface area contributed by atoms with Crippen molar-refractivity contribution in [3.05, 3.63) is 58.9 Å². The van der Waals surface area contributed by atoms with Gasteiger partial charge in [0.1, 0.15) is 11.6 Å². The van der Waals surface area contributed by atoms with Crippen molar-refractivity contribution >= 4 is 35.1 Å². The Hall–Kier alpha value is -2.87. The average molecular weight is 419 g/mol. The minimum absolute atomic E-state index is 0.0277. The first-order valence-corrected chi connectivity index (χ1v) is 9.93. The summed E-state index contributed by atoms with van der Waals surface area (Å²) < 4.78 is 23.7. The number of aryl methyl sites for hydroxylation is 1. The molecule has 0 saturated carbocycles. The topological polar surface area (TPSA) is 81.7 Å². The lowest BCUT2D eigenvalue weighted by molar-refractivity contribution is -0.144. The van der Waals surface area contributed by atoms with Gasteiger partial charge >= 0.3 is 5.97 Å². The molecule has 0 spiro atoms. The number of ketones is 1. The maximum atomic E-state index is 13.5. The highest BCUT2D eigenvalue weighted by molar-refractivity contribution is 7.99. The molecule has 8 heteroatoms. The summed E-state index contributed by atoms with van der Waals surface area (Å²) in [4.78, 5) is 35.2. The molecule has 0 saturated heterocycles. The van der Waals surface area contributed by atoms with Gasteiger partial charge < -0.3 is 14.8 Å². The van der Waals surface area contributed by atoms with Gasteiger partial charge in [0.2, 0.25) is 0 Å². The lowest BCUT2D eigenvalue weighted by Gasteiger charge is -2.10. The van der Waals surface area contributed by atoms with Gasteiger partial charge in [-0.2, -0.15) is 0 Å². The molecule has 2 aromatic carbocycles. The molecule has 0 aliphatic rings. The van der Waals surface area contributed by atoms with Crippen LogP contribution in [0.1, 0.15) is 28.4 Å². The summed E-state index contributed by atoms with van der Waals surface area (Å²) in [5.41, 5.74) is 2.11.